The van der Waals surface area contributed by atoms with Gasteiger partial charge in [-0.05, 0) is 48.2 Å². The Balaban J connectivity index is 1.79. The summed E-state index contributed by atoms with van der Waals surface area (Å²) >= 11 is 1.64. The van der Waals surface area contributed by atoms with Gasteiger partial charge in [-0.15, -0.1) is 11.8 Å². The first-order valence-corrected chi connectivity index (χ1v) is 11.2. The van der Waals surface area contributed by atoms with Crippen LogP contribution in [0.25, 0.3) is 0 Å². The van der Waals surface area contributed by atoms with Crippen molar-refractivity contribution in [1.82, 2.24) is 0 Å². The van der Waals surface area contributed by atoms with Gasteiger partial charge in [-0.1, -0.05) is 43.3 Å². The van der Waals surface area contributed by atoms with Gasteiger partial charge < -0.3 is 5.32 Å². The molecule has 0 saturated carbocycles. The highest BCUT2D eigenvalue weighted by Gasteiger charge is 2.15. The van der Waals surface area contributed by atoms with E-state index in [9.17, 15) is 13.2 Å². The van der Waals surface area contributed by atoms with Gasteiger partial charge >= 0.3 is 0 Å². The second-order valence-corrected chi connectivity index (χ2v) is 8.87. The van der Waals surface area contributed by atoms with Crippen LogP contribution in [0.15, 0.2) is 88.7 Å². The number of thioether (sulfide) groups is 1. The van der Waals surface area contributed by atoms with Gasteiger partial charge in [0, 0.05) is 16.1 Å². The lowest BCUT2D eigenvalue weighted by Gasteiger charge is -2.12. The second kappa shape index (κ2) is 8.95. The van der Waals surface area contributed by atoms with Crippen molar-refractivity contribution >= 4 is 39.1 Å². The third-order valence-electron chi connectivity index (χ3n) is 3.87. The zero-order valence-corrected chi connectivity index (χ0v) is 16.9. The van der Waals surface area contributed by atoms with Gasteiger partial charge in [0.05, 0.1) is 10.6 Å². The van der Waals surface area contributed by atoms with Crippen LogP contribution in [0.5, 0.6) is 0 Å². The van der Waals surface area contributed by atoms with Crippen LogP contribution in [0.3, 0.4) is 0 Å². The van der Waals surface area contributed by atoms with E-state index in [1.807, 2.05) is 31.2 Å². The molecule has 0 unspecified atom stereocenters. The first-order chi connectivity index (χ1) is 13.5. The van der Waals surface area contributed by atoms with Crippen LogP contribution in [0.1, 0.15) is 17.3 Å². The van der Waals surface area contributed by atoms with Crippen molar-refractivity contribution in [3.05, 3.63) is 84.4 Å². The number of nitrogens with one attached hydrogen (secondary N) is 2. The highest BCUT2D eigenvalue weighted by molar-refractivity contribution is 7.99. The van der Waals surface area contributed by atoms with Gasteiger partial charge in [-0.2, -0.15) is 0 Å². The molecule has 0 radical (unpaired) electrons. The number of rotatable bonds is 7. The molecule has 0 bridgehead atoms. The van der Waals surface area contributed by atoms with Gasteiger partial charge in [0.1, 0.15) is 0 Å². The molecule has 0 atom stereocenters. The van der Waals surface area contributed by atoms with E-state index in [4.69, 9.17) is 0 Å². The van der Waals surface area contributed by atoms with Crippen molar-refractivity contribution < 1.29 is 13.2 Å². The Hall–Kier alpha value is -2.77. The summed E-state index contributed by atoms with van der Waals surface area (Å²) in [6.45, 7) is 2.05. The Morgan fingerprint density at radius 2 is 1.64 bits per heavy atom. The van der Waals surface area contributed by atoms with Crippen LogP contribution >= 0.6 is 11.8 Å². The third-order valence-corrected chi connectivity index (χ3v) is 6.22. The van der Waals surface area contributed by atoms with Crippen molar-refractivity contribution in [3.63, 3.8) is 0 Å². The number of para-hydroxylation sites is 1. The van der Waals surface area contributed by atoms with Crippen LogP contribution in [0.2, 0.25) is 0 Å². The number of carbonyl (C=O) groups is 1. The predicted molar refractivity (Wildman–Crippen MR) is 114 cm³/mol. The first kappa shape index (κ1) is 20.0. The maximum absolute atomic E-state index is 12.7. The SMILES string of the molecule is CCSc1ccccc1NC(=O)c1cccc(NS(=O)(=O)c2ccccc2)c1. The molecule has 0 aliphatic carbocycles. The van der Waals surface area contributed by atoms with Crippen molar-refractivity contribution in [2.75, 3.05) is 15.8 Å². The molecule has 0 aromatic heterocycles. The lowest BCUT2D eigenvalue weighted by atomic mass is 10.2. The fourth-order valence-electron chi connectivity index (χ4n) is 2.58. The number of sulfonamides is 1. The minimum Gasteiger partial charge on any atom is -0.321 e. The molecule has 7 heteroatoms. The summed E-state index contributed by atoms with van der Waals surface area (Å²) < 4.78 is 27.5. The van der Waals surface area contributed by atoms with Crippen molar-refractivity contribution in [3.8, 4) is 0 Å². The topological polar surface area (TPSA) is 75.3 Å². The lowest BCUT2D eigenvalue weighted by molar-refractivity contribution is 0.102. The third kappa shape index (κ3) is 4.94. The van der Waals surface area contributed by atoms with E-state index < -0.39 is 10.0 Å². The molecular formula is C21H20N2O3S2. The smallest absolute Gasteiger partial charge is 0.261 e. The maximum Gasteiger partial charge on any atom is 0.261 e. The fraction of sp³-hybridized carbons (Fsp3) is 0.0952. The normalized spacial score (nSPS) is 11.0. The standard InChI is InChI=1S/C21H20N2O3S2/c1-2-27-20-14-7-6-13-19(20)22-21(24)16-9-8-10-17(15-16)23-28(25,26)18-11-4-3-5-12-18/h3-15,23H,2H2,1H3,(H,22,24). The molecule has 144 valence electrons. The van der Waals surface area contributed by atoms with Gasteiger partial charge in [-0.3, -0.25) is 9.52 Å². The van der Waals surface area contributed by atoms with Gasteiger partial charge in [0.15, 0.2) is 0 Å². The van der Waals surface area contributed by atoms with Crippen molar-refractivity contribution in [2.45, 2.75) is 16.7 Å². The molecule has 3 rings (SSSR count). The molecule has 3 aromatic carbocycles. The monoisotopic (exact) mass is 412 g/mol. The van der Waals surface area contributed by atoms with Crippen LogP contribution in [0.4, 0.5) is 11.4 Å². The summed E-state index contributed by atoms with van der Waals surface area (Å²) in [4.78, 5) is 13.8. The van der Waals surface area contributed by atoms with Crippen LogP contribution in [-0.4, -0.2) is 20.1 Å². The number of hydrogen-bond donors (Lipinski definition) is 2. The number of carbonyl (C=O) groups excluding carboxylic acids is 1. The fourth-order valence-corrected chi connectivity index (χ4v) is 4.41. The molecule has 2 N–H and O–H groups in total. The summed E-state index contributed by atoms with van der Waals surface area (Å²) in [6, 6.07) is 22.1. The highest BCUT2D eigenvalue weighted by atomic mass is 32.2. The summed E-state index contributed by atoms with van der Waals surface area (Å²) in [7, 11) is -3.71. The lowest BCUT2D eigenvalue weighted by Crippen LogP contribution is -2.15. The van der Waals surface area contributed by atoms with E-state index in [1.165, 1.54) is 18.2 Å². The summed E-state index contributed by atoms with van der Waals surface area (Å²) in [5, 5.41) is 2.90. The van der Waals surface area contributed by atoms with Crippen LogP contribution in [-0.2, 0) is 10.0 Å². The Morgan fingerprint density at radius 3 is 2.39 bits per heavy atom. The molecule has 5 nitrogen and oxygen atoms in total. The van der Waals surface area contributed by atoms with E-state index >= 15 is 0 Å². The van der Waals surface area contributed by atoms with Gasteiger partial charge in [-0.25, -0.2) is 8.42 Å². The average molecular weight is 413 g/mol. The molecule has 28 heavy (non-hydrogen) atoms. The first-order valence-electron chi connectivity index (χ1n) is 8.71. The molecule has 1 amide bonds. The number of hydrogen-bond acceptors (Lipinski definition) is 4. The minimum atomic E-state index is -3.71. The van der Waals surface area contributed by atoms with E-state index in [0.717, 1.165) is 16.3 Å². The number of amides is 1. The molecule has 0 heterocycles. The molecule has 3 aromatic rings. The quantitative estimate of drug-likeness (QED) is 0.544. The van der Waals surface area contributed by atoms with E-state index in [-0.39, 0.29) is 10.8 Å². The van der Waals surface area contributed by atoms with E-state index in [0.29, 0.717) is 11.3 Å². The number of anilines is 2. The Kier molecular flexibility index (Phi) is 6.38. The zero-order chi connectivity index (χ0) is 20.0. The van der Waals surface area contributed by atoms with Crippen LogP contribution in [0, 0.1) is 0 Å². The minimum absolute atomic E-state index is 0.162. The zero-order valence-electron chi connectivity index (χ0n) is 15.3. The van der Waals surface area contributed by atoms with E-state index in [1.54, 1.807) is 48.2 Å². The maximum atomic E-state index is 12.7. The van der Waals surface area contributed by atoms with E-state index in [2.05, 4.69) is 10.0 Å². The molecule has 0 spiro atoms. The molecule has 0 aliphatic rings. The second-order valence-electron chi connectivity index (χ2n) is 5.88. The molecule has 0 aliphatic heterocycles. The summed E-state index contributed by atoms with van der Waals surface area (Å²) in [6.07, 6.45) is 0. The Labute approximate surface area is 169 Å². The molecule has 0 saturated heterocycles. The summed E-state index contributed by atoms with van der Waals surface area (Å²) in [5.41, 5.74) is 1.42. The molecule has 0 fully saturated rings. The average Bonchev–Trinajstić information content (AvgIpc) is 2.70. The molecular weight excluding hydrogens is 392 g/mol. The largest absolute Gasteiger partial charge is 0.321 e. The Bertz CT molecular complexity index is 1070. The Morgan fingerprint density at radius 1 is 0.929 bits per heavy atom. The predicted octanol–water partition coefficient (Wildman–Crippen LogP) is 4.85. The summed E-state index contributed by atoms with van der Waals surface area (Å²) in [5.74, 6) is 0.591. The highest BCUT2D eigenvalue weighted by Crippen LogP contribution is 2.27. The van der Waals surface area contributed by atoms with Crippen molar-refractivity contribution in [2.24, 2.45) is 0 Å². The van der Waals surface area contributed by atoms with Crippen molar-refractivity contribution in [1.29, 1.82) is 0 Å². The van der Waals surface area contributed by atoms with Gasteiger partial charge in [0.2, 0.25) is 0 Å². The number of benzene rings is 3. The van der Waals surface area contributed by atoms with Crippen LogP contribution < -0.4 is 10.0 Å². The van der Waals surface area contributed by atoms with Gasteiger partial charge in [0.25, 0.3) is 15.9 Å².